The maximum atomic E-state index is 5.99. The molecule has 9 heteroatoms. The lowest BCUT2D eigenvalue weighted by Gasteiger charge is -2.26. The molecule has 27 heavy (non-hydrogen) atoms. The quantitative estimate of drug-likeness (QED) is 0.371. The second-order valence-corrected chi connectivity index (χ2v) is 6.93. The molecule has 2 aliphatic rings. The van der Waals surface area contributed by atoms with E-state index in [1.54, 1.807) is 0 Å². The van der Waals surface area contributed by atoms with Gasteiger partial charge in [-0.3, -0.25) is 4.90 Å². The number of anilines is 1. The second-order valence-electron chi connectivity index (χ2n) is 6.93. The van der Waals surface area contributed by atoms with Gasteiger partial charge in [-0.05, 0) is 38.8 Å². The Morgan fingerprint density at radius 3 is 2.70 bits per heavy atom. The van der Waals surface area contributed by atoms with Crippen molar-refractivity contribution in [1.29, 1.82) is 0 Å². The van der Waals surface area contributed by atoms with Gasteiger partial charge in [0.15, 0.2) is 5.96 Å². The molecule has 2 aliphatic heterocycles. The zero-order valence-corrected chi connectivity index (χ0v) is 17.9. The van der Waals surface area contributed by atoms with Gasteiger partial charge < -0.3 is 20.7 Å². The Hall–Kier alpha value is -1.45. The fourth-order valence-electron chi connectivity index (χ4n) is 3.32. The number of hydrogen-bond acceptors (Lipinski definition) is 6. The summed E-state index contributed by atoms with van der Waals surface area (Å²) in [6, 6.07) is 1.98. The average Bonchev–Trinajstić information content (AvgIpc) is 3.19. The van der Waals surface area contributed by atoms with E-state index in [0.29, 0.717) is 12.5 Å². The molecule has 0 bridgehead atoms. The van der Waals surface area contributed by atoms with Crippen LogP contribution in [0, 0.1) is 6.92 Å². The molecule has 0 radical (unpaired) electrons. The Kier molecular flexibility index (Phi) is 9.23. The van der Waals surface area contributed by atoms with Gasteiger partial charge >= 0.3 is 0 Å². The van der Waals surface area contributed by atoms with Crippen LogP contribution in [0.4, 0.5) is 5.95 Å². The van der Waals surface area contributed by atoms with Crippen LogP contribution in [0.25, 0.3) is 0 Å². The van der Waals surface area contributed by atoms with E-state index in [2.05, 4.69) is 30.1 Å². The Morgan fingerprint density at radius 2 is 1.96 bits per heavy atom. The normalized spacial score (nSPS) is 18.4. The van der Waals surface area contributed by atoms with Gasteiger partial charge in [0.1, 0.15) is 0 Å². The molecule has 0 saturated carbocycles. The van der Waals surface area contributed by atoms with Gasteiger partial charge in [-0.1, -0.05) is 0 Å². The van der Waals surface area contributed by atoms with Crippen LogP contribution in [-0.2, 0) is 11.3 Å². The van der Waals surface area contributed by atoms with E-state index in [-0.39, 0.29) is 17.0 Å². The summed E-state index contributed by atoms with van der Waals surface area (Å²) in [5.41, 5.74) is 7.88. The number of morpholine rings is 1. The van der Waals surface area contributed by atoms with Crippen molar-refractivity contribution in [2.24, 2.45) is 10.7 Å². The molecule has 152 valence electrons. The fourth-order valence-corrected chi connectivity index (χ4v) is 3.32. The number of nitrogens with zero attached hydrogens (tertiary/aromatic N) is 5. The molecule has 2 saturated heterocycles. The second kappa shape index (κ2) is 11.4. The van der Waals surface area contributed by atoms with Gasteiger partial charge in [-0.25, -0.2) is 15.0 Å². The number of hydrogen-bond donors (Lipinski definition) is 2. The summed E-state index contributed by atoms with van der Waals surface area (Å²) < 4.78 is 5.36. The maximum Gasteiger partial charge on any atom is 0.225 e. The first-order valence-electron chi connectivity index (χ1n) is 9.64. The Morgan fingerprint density at radius 1 is 1.22 bits per heavy atom. The minimum atomic E-state index is 0. The molecule has 0 unspecified atom stereocenters. The molecule has 0 aromatic carbocycles. The van der Waals surface area contributed by atoms with Crippen molar-refractivity contribution >= 4 is 28.9 Å². The van der Waals surface area contributed by atoms with E-state index in [1.807, 2.05) is 13.0 Å². The first kappa shape index (κ1) is 21.8. The molecule has 0 atom stereocenters. The number of aromatic nitrogens is 2. The molecule has 3 rings (SSSR count). The van der Waals surface area contributed by atoms with Gasteiger partial charge in [0.05, 0.1) is 25.5 Å². The lowest BCUT2D eigenvalue weighted by Crippen LogP contribution is -2.39. The molecule has 0 aliphatic carbocycles. The van der Waals surface area contributed by atoms with Gasteiger partial charge in [-0.2, -0.15) is 0 Å². The fraction of sp³-hybridized carbons (Fsp3) is 0.722. The van der Waals surface area contributed by atoms with Gasteiger partial charge in [0.2, 0.25) is 5.95 Å². The highest BCUT2D eigenvalue weighted by molar-refractivity contribution is 8.93. The van der Waals surface area contributed by atoms with E-state index < -0.39 is 0 Å². The SMILES string of the molecule is Br.Cc1cc(CN=C(N)NCCCN2CCOCC2)nc(N2CCCC2)n1. The summed E-state index contributed by atoms with van der Waals surface area (Å²) >= 11 is 0. The lowest BCUT2D eigenvalue weighted by molar-refractivity contribution is 0.0376. The molecular weight excluding hydrogens is 410 g/mol. The van der Waals surface area contributed by atoms with E-state index in [4.69, 9.17) is 10.5 Å². The van der Waals surface area contributed by atoms with E-state index in [0.717, 1.165) is 76.2 Å². The summed E-state index contributed by atoms with van der Waals surface area (Å²) in [6.45, 7) is 10.2. The van der Waals surface area contributed by atoms with Crippen molar-refractivity contribution in [3.8, 4) is 0 Å². The van der Waals surface area contributed by atoms with E-state index in [9.17, 15) is 0 Å². The zero-order valence-electron chi connectivity index (χ0n) is 16.2. The Bertz CT molecular complexity index is 601. The summed E-state index contributed by atoms with van der Waals surface area (Å²) in [5.74, 6) is 1.30. The predicted molar refractivity (Wildman–Crippen MR) is 114 cm³/mol. The van der Waals surface area contributed by atoms with Crippen LogP contribution in [0.5, 0.6) is 0 Å². The molecule has 1 aromatic rings. The minimum absolute atomic E-state index is 0. The van der Waals surface area contributed by atoms with Crippen molar-refractivity contribution in [1.82, 2.24) is 20.2 Å². The Labute approximate surface area is 172 Å². The number of halogens is 1. The highest BCUT2D eigenvalue weighted by Crippen LogP contribution is 2.16. The third-order valence-electron chi connectivity index (χ3n) is 4.76. The summed E-state index contributed by atoms with van der Waals surface area (Å²) in [5, 5.41) is 3.19. The summed E-state index contributed by atoms with van der Waals surface area (Å²) in [4.78, 5) is 18.3. The molecule has 8 nitrogen and oxygen atoms in total. The first-order chi connectivity index (χ1) is 12.7. The smallest absolute Gasteiger partial charge is 0.225 e. The predicted octanol–water partition coefficient (Wildman–Crippen LogP) is 1.09. The standard InChI is InChI=1S/C18H31N7O.BrH/c1-15-13-16(23-18(22-15)25-7-2-3-8-25)14-21-17(19)20-5-4-6-24-9-11-26-12-10-24;/h13H,2-12,14H2,1H3,(H3,19,20,21);1H. The van der Waals surface area contributed by atoms with Crippen LogP contribution in [0.3, 0.4) is 0 Å². The number of guanidine groups is 1. The van der Waals surface area contributed by atoms with Crippen molar-refractivity contribution in [3.63, 3.8) is 0 Å². The van der Waals surface area contributed by atoms with Crippen LogP contribution in [-0.4, -0.2) is 73.3 Å². The monoisotopic (exact) mass is 441 g/mol. The summed E-state index contributed by atoms with van der Waals surface area (Å²) in [7, 11) is 0. The van der Waals surface area contributed by atoms with Crippen LogP contribution < -0.4 is 16.0 Å². The molecule has 1 aromatic heterocycles. The van der Waals surface area contributed by atoms with Crippen molar-refractivity contribution in [2.45, 2.75) is 32.7 Å². The maximum absolute atomic E-state index is 5.99. The number of nitrogens with two attached hydrogens (primary N) is 1. The highest BCUT2D eigenvalue weighted by atomic mass is 79.9. The number of rotatable bonds is 7. The average molecular weight is 442 g/mol. The largest absolute Gasteiger partial charge is 0.379 e. The molecule has 0 spiro atoms. The molecular formula is C18H32BrN7O. The molecule has 3 heterocycles. The van der Waals surface area contributed by atoms with Crippen molar-refractivity contribution in [2.75, 3.05) is 57.4 Å². The number of ether oxygens (including phenoxy) is 1. The zero-order chi connectivity index (χ0) is 18.2. The minimum Gasteiger partial charge on any atom is -0.379 e. The Balaban J connectivity index is 0.00000261. The third kappa shape index (κ3) is 7.23. The number of nitrogens with one attached hydrogen (secondary N) is 1. The van der Waals surface area contributed by atoms with Crippen LogP contribution in [0.2, 0.25) is 0 Å². The summed E-state index contributed by atoms with van der Waals surface area (Å²) in [6.07, 6.45) is 3.47. The number of aryl methyl sites for hydroxylation is 1. The van der Waals surface area contributed by atoms with Crippen LogP contribution in [0.1, 0.15) is 30.7 Å². The van der Waals surface area contributed by atoms with Gasteiger partial charge in [0, 0.05) is 38.4 Å². The van der Waals surface area contributed by atoms with E-state index in [1.165, 1.54) is 12.8 Å². The van der Waals surface area contributed by atoms with E-state index >= 15 is 0 Å². The topological polar surface area (TPSA) is 91.9 Å². The van der Waals surface area contributed by atoms with Crippen LogP contribution >= 0.6 is 17.0 Å². The van der Waals surface area contributed by atoms with Crippen molar-refractivity contribution in [3.05, 3.63) is 17.5 Å². The van der Waals surface area contributed by atoms with Gasteiger partial charge in [0.25, 0.3) is 0 Å². The van der Waals surface area contributed by atoms with Crippen LogP contribution in [0.15, 0.2) is 11.1 Å². The van der Waals surface area contributed by atoms with Gasteiger partial charge in [-0.15, -0.1) is 17.0 Å². The lowest BCUT2D eigenvalue weighted by atomic mass is 10.3. The molecule has 0 amide bonds. The molecule has 3 N–H and O–H groups in total. The third-order valence-corrected chi connectivity index (χ3v) is 4.76. The number of aliphatic imine (C=N–C) groups is 1. The highest BCUT2D eigenvalue weighted by Gasteiger charge is 2.15. The first-order valence-corrected chi connectivity index (χ1v) is 9.64. The van der Waals surface area contributed by atoms with Crippen molar-refractivity contribution < 1.29 is 4.74 Å². The molecule has 2 fully saturated rings.